The molecule has 0 bridgehead atoms. The maximum Gasteiger partial charge on any atom is 0.0399 e. The summed E-state index contributed by atoms with van der Waals surface area (Å²) in [5.41, 5.74) is 10.5. The largest absolute Gasteiger partial charge is 0.377 e. The molecule has 1 aliphatic rings. The van der Waals surface area contributed by atoms with E-state index < -0.39 is 0 Å². The summed E-state index contributed by atoms with van der Waals surface area (Å²) < 4.78 is 0. The Morgan fingerprint density at radius 3 is 2.41 bits per heavy atom. The summed E-state index contributed by atoms with van der Waals surface area (Å²) in [6, 6.07) is 6.77. The fourth-order valence-corrected chi connectivity index (χ4v) is 3.10. The van der Waals surface area contributed by atoms with E-state index in [0.717, 1.165) is 6.54 Å². The van der Waals surface area contributed by atoms with Crippen LogP contribution in [-0.4, -0.2) is 20.6 Å². The summed E-state index contributed by atoms with van der Waals surface area (Å²) >= 11 is 0. The Kier molecular flexibility index (Phi) is 3.43. The van der Waals surface area contributed by atoms with Crippen molar-refractivity contribution in [2.45, 2.75) is 38.0 Å². The molecule has 0 atom stereocenters. The minimum Gasteiger partial charge on any atom is -0.377 e. The zero-order valence-corrected chi connectivity index (χ0v) is 11.3. The van der Waals surface area contributed by atoms with Crippen molar-refractivity contribution in [2.24, 2.45) is 5.73 Å². The van der Waals surface area contributed by atoms with Crippen LogP contribution in [0, 0.1) is 6.92 Å². The maximum atomic E-state index is 6.10. The Bertz CT molecular complexity index is 390. The van der Waals surface area contributed by atoms with Crippen molar-refractivity contribution in [2.75, 3.05) is 25.5 Å². The van der Waals surface area contributed by atoms with Crippen molar-refractivity contribution in [1.82, 2.24) is 0 Å². The highest BCUT2D eigenvalue weighted by Crippen LogP contribution is 2.44. The van der Waals surface area contributed by atoms with Crippen LogP contribution in [0.1, 0.15) is 36.8 Å². The molecule has 2 N–H and O–H groups in total. The predicted octanol–water partition coefficient (Wildman–Crippen LogP) is 2.83. The number of rotatable bonds is 3. The Balaban J connectivity index is 2.51. The first-order chi connectivity index (χ1) is 8.09. The number of nitrogens with zero attached hydrogens (tertiary/aromatic N) is 1. The lowest BCUT2D eigenvalue weighted by Crippen LogP contribution is -2.33. The molecule has 1 saturated carbocycles. The van der Waals surface area contributed by atoms with E-state index in [-0.39, 0.29) is 5.41 Å². The quantitative estimate of drug-likeness (QED) is 0.868. The van der Waals surface area contributed by atoms with E-state index >= 15 is 0 Å². The SMILES string of the molecule is Cc1ccc(N(C)C)c(C2(CN)CCCC2)c1. The predicted molar refractivity (Wildman–Crippen MR) is 74.7 cm³/mol. The Morgan fingerprint density at radius 2 is 1.88 bits per heavy atom. The van der Waals surface area contributed by atoms with Gasteiger partial charge in [-0.2, -0.15) is 0 Å². The number of nitrogens with two attached hydrogens (primary N) is 1. The van der Waals surface area contributed by atoms with Crippen LogP contribution >= 0.6 is 0 Å². The molecule has 0 aromatic heterocycles. The van der Waals surface area contributed by atoms with Crippen molar-refractivity contribution in [3.05, 3.63) is 29.3 Å². The van der Waals surface area contributed by atoms with E-state index in [4.69, 9.17) is 5.73 Å². The summed E-state index contributed by atoms with van der Waals surface area (Å²) in [5.74, 6) is 0. The summed E-state index contributed by atoms with van der Waals surface area (Å²) in [6.07, 6.45) is 5.12. The van der Waals surface area contributed by atoms with Gasteiger partial charge in [-0.3, -0.25) is 0 Å². The van der Waals surface area contributed by atoms with Crippen LogP contribution in [0.4, 0.5) is 5.69 Å². The average molecular weight is 232 g/mol. The molecule has 0 amide bonds. The second-order valence-electron chi connectivity index (χ2n) is 5.61. The van der Waals surface area contributed by atoms with Gasteiger partial charge in [0.15, 0.2) is 0 Å². The first-order valence-corrected chi connectivity index (χ1v) is 6.57. The molecular formula is C15H24N2. The van der Waals surface area contributed by atoms with E-state index in [1.54, 1.807) is 0 Å². The second-order valence-corrected chi connectivity index (χ2v) is 5.61. The maximum absolute atomic E-state index is 6.10. The van der Waals surface area contributed by atoms with Gasteiger partial charge in [0.2, 0.25) is 0 Å². The zero-order valence-electron chi connectivity index (χ0n) is 11.3. The van der Waals surface area contributed by atoms with Crippen LogP contribution < -0.4 is 10.6 Å². The number of hydrogen-bond acceptors (Lipinski definition) is 2. The third-order valence-corrected chi connectivity index (χ3v) is 4.16. The molecule has 2 nitrogen and oxygen atoms in total. The standard InChI is InChI=1S/C15H24N2/c1-12-6-7-14(17(2)3)13(10-12)15(11-16)8-4-5-9-15/h6-7,10H,4-5,8-9,11,16H2,1-3H3. The highest BCUT2D eigenvalue weighted by atomic mass is 15.1. The lowest BCUT2D eigenvalue weighted by Gasteiger charge is -2.32. The molecule has 0 heterocycles. The minimum atomic E-state index is 0.228. The summed E-state index contributed by atoms with van der Waals surface area (Å²) in [7, 11) is 4.24. The fourth-order valence-electron chi connectivity index (χ4n) is 3.10. The topological polar surface area (TPSA) is 29.3 Å². The molecule has 0 radical (unpaired) electrons. The van der Waals surface area contributed by atoms with Gasteiger partial charge in [-0.1, -0.05) is 30.5 Å². The van der Waals surface area contributed by atoms with Crippen LogP contribution in [0.3, 0.4) is 0 Å². The number of hydrogen-bond donors (Lipinski definition) is 1. The molecule has 1 aromatic carbocycles. The van der Waals surface area contributed by atoms with Crippen LogP contribution in [0.25, 0.3) is 0 Å². The third kappa shape index (κ3) is 2.19. The van der Waals surface area contributed by atoms with Crippen LogP contribution in [0.2, 0.25) is 0 Å². The molecule has 0 aliphatic heterocycles. The van der Waals surface area contributed by atoms with E-state index in [2.05, 4.69) is 44.1 Å². The van der Waals surface area contributed by atoms with Crippen molar-refractivity contribution in [3.63, 3.8) is 0 Å². The molecule has 0 spiro atoms. The average Bonchev–Trinajstić information content (AvgIpc) is 2.78. The van der Waals surface area contributed by atoms with E-state index in [1.807, 2.05) is 0 Å². The Hall–Kier alpha value is -1.02. The van der Waals surface area contributed by atoms with Gasteiger partial charge < -0.3 is 10.6 Å². The van der Waals surface area contributed by atoms with Gasteiger partial charge in [0.05, 0.1) is 0 Å². The molecular weight excluding hydrogens is 208 g/mol. The third-order valence-electron chi connectivity index (χ3n) is 4.16. The van der Waals surface area contributed by atoms with Gasteiger partial charge in [-0.15, -0.1) is 0 Å². The zero-order chi connectivity index (χ0) is 12.5. The van der Waals surface area contributed by atoms with Gasteiger partial charge in [0.1, 0.15) is 0 Å². The first kappa shape index (κ1) is 12.4. The first-order valence-electron chi connectivity index (χ1n) is 6.57. The number of aryl methyl sites for hydroxylation is 1. The lowest BCUT2D eigenvalue weighted by atomic mass is 9.77. The Morgan fingerprint density at radius 1 is 1.24 bits per heavy atom. The molecule has 2 rings (SSSR count). The lowest BCUT2D eigenvalue weighted by molar-refractivity contribution is 0.453. The van der Waals surface area contributed by atoms with Crippen LogP contribution in [0.15, 0.2) is 18.2 Å². The normalized spacial score (nSPS) is 18.4. The van der Waals surface area contributed by atoms with Gasteiger partial charge >= 0.3 is 0 Å². The number of anilines is 1. The van der Waals surface area contributed by atoms with Crippen molar-refractivity contribution in [3.8, 4) is 0 Å². The van der Waals surface area contributed by atoms with Crippen LogP contribution in [-0.2, 0) is 5.41 Å². The van der Waals surface area contributed by atoms with Gasteiger partial charge in [0.25, 0.3) is 0 Å². The molecule has 0 unspecified atom stereocenters. The van der Waals surface area contributed by atoms with E-state index in [0.29, 0.717) is 0 Å². The van der Waals surface area contributed by atoms with Crippen LogP contribution in [0.5, 0.6) is 0 Å². The molecule has 2 heteroatoms. The molecule has 1 fully saturated rings. The van der Waals surface area contributed by atoms with Crippen molar-refractivity contribution in [1.29, 1.82) is 0 Å². The van der Waals surface area contributed by atoms with E-state index in [9.17, 15) is 0 Å². The molecule has 1 aliphatic carbocycles. The van der Waals surface area contributed by atoms with Gasteiger partial charge in [-0.25, -0.2) is 0 Å². The summed E-state index contributed by atoms with van der Waals surface area (Å²) in [5, 5.41) is 0. The Labute approximate surface area is 105 Å². The summed E-state index contributed by atoms with van der Waals surface area (Å²) in [4.78, 5) is 2.21. The monoisotopic (exact) mass is 232 g/mol. The smallest absolute Gasteiger partial charge is 0.0399 e. The summed E-state index contributed by atoms with van der Waals surface area (Å²) in [6.45, 7) is 2.94. The molecule has 1 aromatic rings. The molecule has 94 valence electrons. The van der Waals surface area contributed by atoms with Crippen molar-refractivity contribution < 1.29 is 0 Å². The van der Waals surface area contributed by atoms with Crippen molar-refractivity contribution >= 4 is 5.69 Å². The number of benzene rings is 1. The van der Waals surface area contributed by atoms with Gasteiger partial charge in [0, 0.05) is 31.7 Å². The van der Waals surface area contributed by atoms with E-state index in [1.165, 1.54) is 42.5 Å². The molecule has 17 heavy (non-hydrogen) atoms. The fraction of sp³-hybridized carbons (Fsp3) is 0.600. The minimum absolute atomic E-state index is 0.228. The highest BCUT2D eigenvalue weighted by Gasteiger charge is 2.36. The van der Waals surface area contributed by atoms with Gasteiger partial charge in [-0.05, 0) is 31.4 Å². The highest BCUT2D eigenvalue weighted by molar-refractivity contribution is 5.57. The molecule has 0 saturated heterocycles. The second kappa shape index (κ2) is 4.69.